The highest BCUT2D eigenvalue weighted by Gasteiger charge is 2.47. The summed E-state index contributed by atoms with van der Waals surface area (Å²) in [5.41, 5.74) is 0. The van der Waals surface area contributed by atoms with Gasteiger partial charge in [-0.2, -0.15) is 0 Å². The topological polar surface area (TPSA) is 76.4 Å². The van der Waals surface area contributed by atoms with Crippen LogP contribution in [0.3, 0.4) is 0 Å². The van der Waals surface area contributed by atoms with Crippen LogP contribution < -0.4 is 5.32 Å². The zero-order chi connectivity index (χ0) is 8.01. The summed E-state index contributed by atoms with van der Waals surface area (Å²) in [6.07, 6.45) is 0.671. The van der Waals surface area contributed by atoms with E-state index in [2.05, 4.69) is 5.32 Å². The molecule has 2 unspecified atom stereocenters. The van der Waals surface area contributed by atoms with Crippen molar-refractivity contribution in [3.63, 3.8) is 0 Å². The van der Waals surface area contributed by atoms with Gasteiger partial charge in [-0.1, -0.05) is 0 Å². The molecule has 2 aliphatic heterocycles. The van der Waals surface area contributed by atoms with Crippen molar-refractivity contribution in [2.24, 2.45) is 0 Å². The summed E-state index contributed by atoms with van der Waals surface area (Å²) in [5.74, 6) is -0.566. The highest BCUT2D eigenvalue weighted by molar-refractivity contribution is 5.88. The lowest BCUT2D eigenvalue weighted by Crippen LogP contribution is -2.58. The fraction of sp³-hybridized carbons (Fsp3) is 0.667. The van der Waals surface area contributed by atoms with Crippen molar-refractivity contribution in [3.05, 3.63) is 0 Å². The van der Waals surface area contributed by atoms with Crippen molar-refractivity contribution in [2.45, 2.75) is 18.5 Å². The number of hydrogen-bond donors (Lipinski definition) is 3. The molecule has 0 aromatic carbocycles. The predicted octanol–water partition coefficient (Wildman–Crippen LogP) is -0.948. The minimum absolute atomic E-state index is 0.253. The van der Waals surface area contributed by atoms with Gasteiger partial charge in [0.2, 0.25) is 0 Å². The Labute approximate surface area is 63.5 Å². The third-order valence-electron chi connectivity index (χ3n) is 2.27. The van der Waals surface area contributed by atoms with Crippen LogP contribution in [0.1, 0.15) is 6.42 Å². The molecule has 2 rings (SSSR count). The van der Waals surface area contributed by atoms with Crippen molar-refractivity contribution < 1.29 is 9.90 Å². The number of fused-ring (bicyclic) bond motifs is 1. The van der Waals surface area contributed by atoms with Gasteiger partial charge in [0.15, 0.2) is 5.96 Å². The van der Waals surface area contributed by atoms with Crippen LogP contribution in [0.25, 0.3) is 0 Å². The van der Waals surface area contributed by atoms with Gasteiger partial charge in [0.25, 0.3) is 0 Å². The second-order valence-electron chi connectivity index (χ2n) is 2.88. The predicted molar refractivity (Wildman–Crippen MR) is 37.4 cm³/mol. The normalized spacial score (nSPS) is 34.2. The molecule has 3 N–H and O–H groups in total. The fourth-order valence-electron chi connectivity index (χ4n) is 1.65. The van der Waals surface area contributed by atoms with E-state index in [4.69, 9.17) is 10.5 Å². The molecule has 5 nitrogen and oxygen atoms in total. The third-order valence-corrected chi connectivity index (χ3v) is 2.27. The molecule has 5 heteroatoms. The quantitative estimate of drug-likeness (QED) is 0.456. The van der Waals surface area contributed by atoms with Crippen LogP contribution in [-0.2, 0) is 4.79 Å². The van der Waals surface area contributed by atoms with E-state index in [1.165, 1.54) is 0 Å². The first-order valence-corrected chi connectivity index (χ1v) is 3.53. The van der Waals surface area contributed by atoms with Gasteiger partial charge in [0.05, 0.1) is 6.04 Å². The number of carboxylic acid groups (broad SMARTS) is 1. The second-order valence-corrected chi connectivity index (χ2v) is 2.88. The standard InChI is InChI=1S/C6H9N3O2/c7-6-8-2-3-1-4(5(10)11)9(3)6/h3-4H,1-2H2,(H2,7,8)(H,10,11). The molecule has 2 aliphatic rings. The van der Waals surface area contributed by atoms with Gasteiger partial charge in [-0.15, -0.1) is 0 Å². The van der Waals surface area contributed by atoms with Gasteiger partial charge in [-0.3, -0.25) is 5.41 Å². The lowest BCUT2D eigenvalue weighted by molar-refractivity contribution is -0.146. The fourth-order valence-corrected chi connectivity index (χ4v) is 1.65. The van der Waals surface area contributed by atoms with E-state index in [0.717, 1.165) is 6.54 Å². The molecule has 0 bridgehead atoms. The minimum Gasteiger partial charge on any atom is -0.480 e. The molecule has 0 saturated carbocycles. The Kier molecular flexibility index (Phi) is 1.10. The Bertz CT molecular complexity index is 228. The largest absolute Gasteiger partial charge is 0.480 e. The van der Waals surface area contributed by atoms with E-state index in [1.54, 1.807) is 4.90 Å². The summed E-state index contributed by atoms with van der Waals surface area (Å²) >= 11 is 0. The maximum atomic E-state index is 10.5. The molecular weight excluding hydrogens is 146 g/mol. The first-order valence-electron chi connectivity index (χ1n) is 3.53. The number of nitrogens with one attached hydrogen (secondary N) is 2. The summed E-state index contributed by atoms with van der Waals surface area (Å²) in [7, 11) is 0. The Morgan fingerprint density at radius 3 is 3.09 bits per heavy atom. The van der Waals surface area contributed by atoms with Gasteiger partial charge in [-0.25, -0.2) is 4.79 Å². The molecule has 2 atom stereocenters. The Morgan fingerprint density at radius 2 is 2.55 bits per heavy atom. The van der Waals surface area contributed by atoms with E-state index in [1.807, 2.05) is 0 Å². The molecule has 0 aromatic heterocycles. The smallest absolute Gasteiger partial charge is 0.326 e. The molecule has 2 fully saturated rings. The van der Waals surface area contributed by atoms with E-state index >= 15 is 0 Å². The lowest BCUT2D eigenvalue weighted by Gasteiger charge is -2.40. The summed E-state index contributed by atoms with van der Waals surface area (Å²) in [5, 5.41) is 18.8. The minimum atomic E-state index is -0.824. The zero-order valence-electron chi connectivity index (χ0n) is 5.87. The SMILES string of the molecule is N=C1NCC2CC(C(=O)O)N12. The molecule has 0 aliphatic carbocycles. The molecule has 0 spiro atoms. The number of hydrogen-bond acceptors (Lipinski definition) is 2. The third kappa shape index (κ3) is 0.704. The van der Waals surface area contributed by atoms with Crippen molar-refractivity contribution in [3.8, 4) is 0 Å². The van der Waals surface area contributed by atoms with E-state index in [0.29, 0.717) is 6.42 Å². The molecule has 60 valence electrons. The number of nitrogens with zero attached hydrogens (tertiary/aromatic N) is 1. The number of aliphatic carboxylic acids is 1. The number of carbonyl (C=O) groups is 1. The van der Waals surface area contributed by atoms with Crippen LogP contribution in [0, 0.1) is 5.41 Å². The Hall–Kier alpha value is -1.26. The van der Waals surface area contributed by atoms with Gasteiger partial charge in [0.1, 0.15) is 6.04 Å². The average Bonchev–Trinajstić information content (AvgIpc) is 2.06. The maximum absolute atomic E-state index is 10.5. The summed E-state index contributed by atoms with van der Waals surface area (Å²) in [4.78, 5) is 12.1. The highest BCUT2D eigenvalue weighted by atomic mass is 16.4. The molecule has 0 aromatic rings. The molecule has 0 radical (unpaired) electrons. The van der Waals surface area contributed by atoms with Crippen LogP contribution in [0.15, 0.2) is 0 Å². The molecule has 11 heavy (non-hydrogen) atoms. The van der Waals surface area contributed by atoms with Crippen LogP contribution in [0.2, 0.25) is 0 Å². The Balaban J connectivity index is 2.11. The summed E-state index contributed by atoms with van der Waals surface area (Å²) in [6, 6.07) is -0.203. The molecule has 2 saturated heterocycles. The van der Waals surface area contributed by atoms with Crippen LogP contribution >= 0.6 is 0 Å². The van der Waals surface area contributed by atoms with Gasteiger partial charge < -0.3 is 15.3 Å². The number of guanidine groups is 1. The maximum Gasteiger partial charge on any atom is 0.326 e. The summed E-state index contributed by atoms with van der Waals surface area (Å²) < 4.78 is 0. The zero-order valence-corrected chi connectivity index (χ0v) is 5.87. The van der Waals surface area contributed by atoms with E-state index in [-0.39, 0.29) is 12.0 Å². The number of carboxylic acids is 1. The molecular formula is C6H9N3O2. The van der Waals surface area contributed by atoms with Gasteiger partial charge in [0, 0.05) is 13.0 Å². The van der Waals surface area contributed by atoms with Crippen molar-refractivity contribution in [1.29, 1.82) is 5.41 Å². The van der Waals surface area contributed by atoms with Crippen molar-refractivity contribution in [2.75, 3.05) is 6.54 Å². The number of rotatable bonds is 1. The Morgan fingerprint density at radius 1 is 1.82 bits per heavy atom. The van der Waals surface area contributed by atoms with Crippen molar-refractivity contribution in [1.82, 2.24) is 10.2 Å². The van der Waals surface area contributed by atoms with Crippen LogP contribution in [0.5, 0.6) is 0 Å². The first-order chi connectivity index (χ1) is 5.20. The molecule has 0 amide bonds. The van der Waals surface area contributed by atoms with Crippen LogP contribution in [0.4, 0.5) is 0 Å². The van der Waals surface area contributed by atoms with Gasteiger partial charge >= 0.3 is 5.97 Å². The highest BCUT2D eigenvalue weighted by Crippen LogP contribution is 2.28. The second kappa shape index (κ2) is 1.87. The van der Waals surface area contributed by atoms with Crippen LogP contribution in [-0.4, -0.2) is 40.6 Å². The lowest BCUT2D eigenvalue weighted by atomic mass is 9.95. The van der Waals surface area contributed by atoms with E-state index < -0.39 is 12.0 Å². The van der Waals surface area contributed by atoms with Gasteiger partial charge in [-0.05, 0) is 0 Å². The van der Waals surface area contributed by atoms with E-state index in [9.17, 15) is 4.79 Å². The molecule has 2 heterocycles. The monoisotopic (exact) mass is 155 g/mol. The average molecular weight is 155 g/mol. The summed E-state index contributed by atoms with van der Waals surface area (Å²) in [6.45, 7) is 0.725. The first kappa shape index (κ1) is 6.45. The van der Waals surface area contributed by atoms with Crippen molar-refractivity contribution >= 4 is 11.9 Å².